The highest BCUT2D eigenvalue weighted by atomic mass is 16.4. The van der Waals surface area contributed by atoms with E-state index in [9.17, 15) is 4.79 Å². The summed E-state index contributed by atoms with van der Waals surface area (Å²) >= 11 is 0. The Bertz CT molecular complexity index is 257. The maximum atomic E-state index is 10.7. The van der Waals surface area contributed by atoms with E-state index in [0.717, 1.165) is 18.8 Å². The van der Waals surface area contributed by atoms with Crippen molar-refractivity contribution in [3.05, 3.63) is 12.2 Å². The van der Waals surface area contributed by atoms with Gasteiger partial charge in [-0.1, -0.05) is 19.1 Å². The van der Waals surface area contributed by atoms with Gasteiger partial charge in [0, 0.05) is 0 Å². The molecule has 72 valence electrons. The molecule has 1 saturated carbocycles. The van der Waals surface area contributed by atoms with Crippen molar-refractivity contribution < 1.29 is 9.90 Å². The van der Waals surface area contributed by atoms with Gasteiger partial charge in [-0.3, -0.25) is 4.79 Å². The average Bonchev–Trinajstić information content (AvgIpc) is 2.43. The number of rotatable bonds is 3. The van der Waals surface area contributed by atoms with Gasteiger partial charge in [-0.2, -0.15) is 0 Å². The summed E-state index contributed by atoms with van der Waals surface area (Å²) in [4.78, 5) is 10.7. The molecule has 1 fully saturated rings. The van der Waals surface area contributed by atoms with Crippen LogP contribution in [-0.4, -0.2) is 11.1 Å². The molecule has 0 bridgehead atoms. The minimum absolute atomic E-state index is 0.101. The molecule has 2 aliphatic rings. The molecule has 0 amide bonds. The number of carbonyl (C=O) groups is 1. The van der Waals surface area contributed by atoms with Gasteiger partial charge >= 0.3 is 5.97 Å². The van der Waals surface area contributed by atoms with Gasteiger partial charge in [0.25, 0.3) is 0 Å². The average molecular weight is 180 g/mol. The Hall–Kier alpha value is -0.790. The summed E-state index contributed by atoms with van der Waals surface area (Å²) in [6, 6.07) is 0. The lowest BCUT2D eigenvalue weighted by molar-refractivity contribution is -0.145. The molecule has 0 radical (unpaired) electrons. The molecule has 0 unspecified atom stereocenters. The number of hydrogen-bond donors (Lipinski definition) is 1. The third kappa shape index (κ3) is 1.19. The molecule has 0 aromatic heterocycles. The van der Waals surface area contributed by atoms with Crippen LogP contribution >= 0.6 is 0 Å². The van der Waals surface area contributed by atoms with E-state index in [0.29, 0.717) is 12.3 Å². The smallest absolute Gasteiger partial charge is 0.303 e. The summed E-state index contributed by atoms with van der Waals surface area (Å²) in [5.74, 6) is 0.688. The summed E-state index contributed by atoms with van der Waals surface area (Å²) in [5, 5.41) is 8.84. The summed E-state index contributed by atoms with van der Waals surface area (Å²) in [5.41, 5.74) is 0.101. The van der Waals surface area contributed by atoms with Crippen LogP contribution in [0, 0.1) is 17.3 Å². The second kappa shape index (κ2) is 2.86. The lowest BCUT2D eigenvalue weighted by atomic mass is 9.52. The van der Waals surface area contributed by atoms with Crippen LogP contribution in [0.15, 0.2) is 12.2 Å². The first-order valence-corrected chi connectivity index (χ1v) is 5.06. The molecular weight excluding hydrogens is 164 g/mol. The fraction of sp³-hybridized carbons (Fsp3) is 0.727. The van der Waals surface area contributed by atoms with Crippen LogP contribution in [0.5, 0.6) is 0 Å². The van der Waals surface area contributed by atoms with Crippen molar-refractivity contribution in [2.45, 2.75) is 32.6 Å². The predicted molar refractivity (Wildman–Crippen MR) is 50.3 cm³/mol. The molecular formula is C11H16O2. The van der Waals surface area contributed by atoms with E-state index in [4.69, 9.17) is 5.11 Å². The number of carboxylic acid groups (broad SMARTS) is 1. The predicted octanol–water partition coefficient (Wildman–Crippen LogP) is 2.45. The van der Waals surface area contributed by atoms with Gasteiger partial charge < -0.3 is 5.11 Å². The SMILES string of the molecule is CC[C@]1(CC(=O)O)C[C@H]2CC=C[C@H]21. The maximum Gasteiger partial charge on any atom is 0.303 e. The van der Waals surface area contributed by atoms with E-state index >= 15 is 0 Å². The van der Waals surface area contributed by atoms with Gasteiger partial charge in [0.15, 0.2) is 0 Å². The highest BCUT2D eigenvalue weighted by Crippen LogP contribution is 2.59. The summed E-state index contributed by atoms with van der Waals surface area (Å²) in [7, 11) is 0. The van der Waals surface area contributed by atoms with Crippen LogP contribution in [0.4, 0.5) is 0 Å². The standard InChI is InChI=1S/C11H16O2/c1-2-11(7-10(12)13)6-8-4-3-5-9(8)11/h3,5,8-9H,2,4,6-7H2,1H3,(H,12,13)/t8-,9-,11-/m1/s1. The monoisotopic (exact) mass is 180 g/mol. The zero-order chi connectivity index (χ0) is 9.47. The molecule has 0 aromatic rings. The summed E-state index contributed by atoms with van der Waals surface area (Å²) < 4.78 is 0. The maximum absolute atomic E-state index is 10.7. The quantitative estimate of drug-likeness (QED) is 0.677. The van der Waals surface area contributed by atoms with E-state index in [2.05, 4.69) is 19.1 Å². The van der Waals surface area contributed by atoms with Gasteiger partial charge in [-0.05, 0) is 36.5 Å². The van der Waals surface area contributed by atoms with Crippen molar-refractivity contribution >= 4 is 5.97 Å². The molecule has 13 heavy (non-hydrogen) atoms. The van der Waals surface area contributed by atoms with Gasteiger partial charge in [0.2, 0.25) is 0 Å². The molecule has 0 saturated heterocycles. The van der Waals surface area contributed by atoms with Gasteiger partial charge in [0.05, 0.1) is 6.42 Å². The zero-order valence-electron chi connectivity index (χ0n) is 7.99. The largest absolute Gasteiger partial charge is 0.481 e. The Labute approximate surface area is 78.6 Å². The van der Waals surface area contributed by atoms with Crippen LogP contribution in [0.25, 0.3) is 0 Å². The summed E-state index contributed by atoms with van der Waals surface area (Å²) in [6.45, 7) is 2.12. The normalized spacial score (nSPS) is 41.3. The molecule has 0 aliphatic heterocycles. The van der Waals surface area contributed by atoms with E-state index in [1.54, 1.807) is 0 Å². The van der Waals surface area contributed by atoms with Crippen molar-refractivity contribution in [2.24, 2.45) is 17.3 Å². The molecule has 2 rings (SSSR count). The number of fused-ring (bicyclic) bond motifs is 1. The van der Waals surface area contributed by atoms with Crippen molar-refractivity contribution in [3.8, 4) is 0 Å². The highest BCUT2D eigenvalue weighted by Gasteiger charge is 2.52. The molecule has 3 atom stereocenters. The molecule has 0 spiro atoms. The second-order valence-electron chi connectivity index (χ2n) is 4.44. The van der Waals surface area contributed by atoms with Crippen molar-refractivity contribution in [3.63, 3.8) is 0 Å². The third-order valence-corrected chi connectivity index (χ3v) is 3.87. The first-order valence-electron chi connectivity index (χ1n) is 5.06. The van der Waals surface area contributed by atoms with Crippen LogP contribution in [0.3, 0.4) is 0 Å². The first kappa shape index (κ1) is 8.79. The Morgan fingerprint density at radius 1 is 1.69 bits per heavy atom. The van der Waals surface area contributed by atoms with Crippen molar-refractivity contribution in [2.75, 3.05) is 0 Å². The molecule has 0 aromatic carbocycles. The lowest BCUT2D eigenvalue weighted by Crippen LogP contribution is -2.46. The van der Waals surface area contributed by atoms with Gasteiger partial charge in [-0.25, -0.2) is 0 Å². The minimum Gasteiger partial charge on any atom is -0.481 e. The second-order valence-corrected chi connectivity index (χ2v) is 4.44. The van der Waals surface area contributed by atoms with E-state index in [1.165, 1.54) is 6.42 Å². The van der Waals surface area contributed by atoms with E-state index < -0.39 is 5.97 Å². The van der Waals surface area contributed by atoms with Gasteiger partial charge in [0.1, 0.15) is 0 Å². The Balaban J connectivity index is 2.09. The lowest BCUT2D eigenvalue weighted by Gasteiger charge is -2.51. The Kier molecular flexibility index (Phi) is 1.94. The van der Waals surface area contributed by atoms with Crippen molar-refractivity contribution in [1.82, 2.24) is 0 Å². The Morgan fingerprint density at radius 3 is 3.00 bits per heavy atom. The molecule has 2 nitrogen and oxygen atoms in total. The number of allylic oxidation sites excluding steroid dienone is 2. The first-order chi connectivity index (χ1) is 6.18. The topological polar surface area (TPSA) is 37.3 Å². The van der Waals surface area contributed by atoms with Crippen LogP contribution < -0.4 is 0 Å². The number of hydrogen-bond acceptors (Lipinski definition) is 1. The molecule has 0 heterocycles. The molecule has 1 N–H and O–H groups in total. The fourth-order valence-electron chi connectivity index (χ4n) is 3.11. The van der Waals surface area contributed by atoms with Gasteiger partial charge in [-0.15, -0.1) is 0 Å². The van der Waals surface area contributed by atoms with Crippen LogP contribution in [-0.2, 0) is 4.79 Å². The highest BCUT2D eigenvalue weighted by molar-refractivity contribution is 5.68. The fourth-order valence-corrected chi connectivity index (χ4v) is 3.11. The number of aliphatic carboxylic acids is 1. The number of carboxylic acids is 1. The zero-order valence-corrected chi connectivity index (χ0v) is 7.99. The third-order valence-electron chi connectivity index (χ3n) is 3.87. The molecule has 2 heteroatoms. The van der Waals surface area contributed by atoms with E-state index in [-0.39, 0.29) is 5.41 Å². The summed E-state index contributed by atoms with van der Waals surface area (Å²) in [6.07, 6.45) is 8.11. The van der Waals surface area contributed by atoms with E-state index in [1.807, 2.05) is 0 Å². The molecule has 2 aliphatic carbocycles. The minimum atomic E-state index is -0.638. The van der Waals surface area contributed by atoms with Crippen LogP contribution in [0.1, 0.15) is 32.6 Å². The van der Waals surface area contributed by atoms with Crippen LogP contribution in [0.2, 0.25) is 0 Å². The Morgan fingerprint density at radius 2 is 2.46 bits per heavy atom. The van der Waals surface area contributed by atoms with Crippen molar-refractivity contribution in [1.29, 1.82) is 0 Å².